The van der Waals surface area contributed by atoms with Crippen LogP contribution in [0.25, 0.3) is 6.08 Å². The molecule has 1 aromatic carbocycles. The molecular weight excluding hydrogens is 243 g/mol. The van der Waals surface area contributed by atoms with Crippen LogP contribution in [0, 0.1) is 5.82 Å². The highest BCUT2D eigenvalue weighted by atomic mass is 32.2. The highest BCUT2D eigenvalue weighted by molar-refractivity contribution is 8.24. The minimum atomic E-state index is -0.268. The van der Waals surface area contributed by atoms with E-state index >= 15 is 0 Å². The number of halogens is 1. The summed E-state index contributed by atoms with van der Waals surface area (Å²) in [6.07, 6.45) is 5.35. The van der Waals surface area contributed by atoms with Crippen LogP contribution in [0.4, 0.5) is 4.39 Å². The van der Waals surface area contributed by atoms with Gasteiger partial charge < -0.3 is 0 Å². The molecule has 2 rings (SSSR count). The van der Waals surface area contributed by atoms with Crippen LogP contribution in [0.3, 0.4) is 0 Å². The van der Waals surface area contributed by atoms with Gasteiger partial charge in [-0.25, -0.2) is 4.39 Å². The Morgan fingerprint density at radius 2 is 2.00 bits per heavy atom. The number of allylic oxidation sites excluding steroid dienone is 2. The summed E-state index contributed by atoms with van der Waals surface area (Å²) in [5.41, 5.74) is 0.841. The Morgan fingerprint density at radius 3 is 2.56 bits per heavy atom. The van der Waals surface area contributed by atoms with Crippen LogP contribution in [-0.2, 0) is 4.79 Å². The summed E-state index contributed by atoms with van der Waals surface area (Å²) >= 11 is 3.02. The number of carbonyl (C=O) groups excluding carboxylic acids is 1. The molecule has 0 saturated carbocycles. The molecule has 0 bridgehead atoms. The minimum absolute atomic E-state index is 0.0266. The lowest BCUT2D eigenvalue weighted by Gasteiger charge is -1.97. The third-order valence-corrected chi connectivity index (χ3v) is 4.20. The molecular formula is C12H9FOS2. The second-order valence-corrected chi connectivity index (χ2v) is 5.38. The Bertz CT molecular complexity index is 474. The number of thioether (sulfide) groups is 2. The lowest BCUT2D eigenvalue weighted by Crippen LogP contribution is -1.88. The Hall–Kier alpha value is -1.00. The van der Waals surface area contributed by atoms with Gasteiger partial charge >= 0.3 is 0 Å². The topological polar surface area (TPSA) is 17.1 Å². The third kappa shape index (κ3) is 2.57. The molecule has 4 heteroatoms. The van der Waals surface area contributed by atoms with Crippen molar-refractivity contribution in [2.75, 3.05) is 6.26 Å². The maximum Gasteiger partial charge on any atom is 0.194 e. The summed E-state index contributed by atoms with van der Waals surface area (Å²) < 4.78 is 13.7. The largest absolute Gasteiger partial charge is 0.289 e. The zero-order chi connectivity index (χ0) is 11.5. The van der Waals surface area contributed by atoms with E-state index in [1.54, 1.807) is 36.0 Å². The molecule has 0 fully saturated rings. The van der Waals surface area contributed by atoms with Gasteiger partial charge in [0.1, 0.15) is 5.82 Å². The highest BCUT2D eigenvalue weighted by Crippen LogP contribution is 2.40. The molecule has 0 unspecified atom stereocenters. The number of benzene rings is 1. The Labute approximate surface area is 102 Å². The van der Waals surface area contributed by atoms with E-state index in [-0.39, 0.29) is 11.6 Å². The number of ketones is 1. The first kappa shape index (κ1) is 11.5. The molecule has 0 aliphatic carbocycles. The molecule has 1 heterocycles. The van der Waals surface area contributed by atoms with Gasteiger partial charge in [0.05, 0.1) is 4.91 Å². The SMILES string of the molecule is CSC1=CC(=O)/C(=C\c2ccc(F)cc2)S1. The lowest BCUT2D eigenvalue weighted by molar-refractivity contribution is -0.110. The van der Waals surface area contributed by atoms with Gasteiger partial charge in [0, 0.05) is 10.3 Å². The first-order chi connectivity index (χ1) is 7.69. The molecule has 0 amide bonds. The fraction of sp³-hybridized carbons (Fsp3) is 0.0833. The molecule has 0 saturated heterocycles. The summed E-state index contributed by atoms with van der Waals surface area (Å²) in [6.45, 7) is 0. The molecule has 82 valence electrons. The van der Waals surface area contributed by atoms with E-state index in [1.807, 2.05) is 6.26 Å². The van der Waals surface area contributed by atoms with Gasteiger partial charge in [-0.15, -0.1) is 11.8 Å². The first-order valence-electron chi connectivity index (χ1n) is 4.64. The number of hydrogen-bond acceptors (Lipinski definition) is 3. The lowest BCUT2D eigenvalue weighted by atomic mass is 10.2. The molecule has 0 spiro atoms. The van der Waals surface area contributed by atoms with Gasteiger partial charge in [-0.2, -0.15) is 0 Å². The van der Waals surface area contributed by atoms with Crippen LogP contribution in [0.5, 0.6) is 0 Å². The maximum absolute atomic E-state index is 12.7. The van der Waals surface area contributed by atoms with E-state index in [0.29, 0.717) is 4.91 Å². The van der Waals surface area contributed by atoms with E-state index in [4.69, 9.17) is 0 Å². The Kier molecular flexibility index (Phi) is 3.51. The Morgan fingerprint density at radius 1 is 1.31 bits per heavy atom. The Balaban J connectivity index is 2.21. The average Bonchev–Trinajstić information content (AvgIpc) is 2.63. The van der Waals surface area contributed by atoms with Crippen LogP contribution in [0.2, 0.25) is 0 Å². The van der Waals surface area contributed by atoms with Gasteiger partial charge in [0.15, 0.2) is 5.78 Å². The van der Waals surface area contributed by atoms with Crippen LogP contribution in [0.1, 0.15) is 5.56 Å². The molecule has 1 nitrogen and oxygen atoms in total. The summed E-state index contributed by atoms with van der Waals surface area (Å²) in [5, 5.41) is 0. The normalized spacial score (nSPS) is 18.0. The second kappa shape index (κ2) is 4.89. The summed E-state index contributed by atoms with van der Waals surface area (Å²) in [7, 11) is 0. The van der Waals surface area contributed by atoms with Crippen LogP contribution >= 0.6 is 23.5 Å². The molecule has 1 aliphatic heterocycles. The van der Waals surface area contributed by atoms with Crippen molar-refractivity contribution < 1.29 is 9.18 Å². The van der Waals surface area contributed by atoms with Crippen LogP contribution in [-0.4, -0.2) is 12.0 Å². The van der Waals surface area contributed by atoms with Gasteiger partial charge in [-0.05, 0) is 30.0 Å². The molecule has 1 aliphatic rings. The number of hydrogen-bond donors (Lipinski definition) is 0. The number of rotatable bonds is 2. The van der Waals surface area contributed by atoms with E-state index < -0.39 is 0 Å². The van der Waals surface area contributed by atoms with Crippen molar-refractivity contribution >= 4 is 35.4 Å². The molecule has 16 heavy (non-hydrogen) atoms. The molecule has 0 radical (unpaired) electrons. The average molecular weight is 252 g/mol. The predicted molar refractivity (Wildman–Crippen MR) is 68.6 cm³/mol. The van der Waals surface area contributed by atoms with Crippen molar-refractivity contribution in [3.63, 3.8) is 0 Å². The fourth-order valence-corrected chi connectivity index (χ4v) is 2.84. The van der Waals surface area contributed by atoms with E-state index in [1.165, 1.54) is 23.9 Å². The van der Waals surface area contributed by atoms with Gasteiger partial charge in [0.25, 0.3) is 0 Å². The zero-order valence-electron chi connectivity index (χ0n) is 8.57. The zero-order valence-corrected chi connectivity index (χ0v) is 10.2. The van der Waals surface area contributed by atoms with Gasteiger partial charge in [0.2, 0.25) is 0 Å². The van der Waals surface area contributed by atoms with Gasteiger partial charge in [-0.3, -0.25) is 4.79 Å². The van der Waals surface area contributed by atoms with Crippen molar-refractivity contribution in [1.29, 1.82) is 0 Å². The second-order valence-electron chi connectivity index (χ2n) is 3.19. The van der Waals surface area contributed by atoms with Crippen molar-refractivity contribution in [2.24, 2.45) is 0 Å². The third-order valence-electron chi connectivity index (χ3n) is 2.07. The van der Waals surface area contributed by atoms with Crippen molar-refractivity contribution in [2.45, 2.75) is 0 Å². The summed E-state index contributed by atoms with van der Waals surface area (Å²) in [6, 6.07) is 6.10. The smallest absolute Gasteiger partial charge is 0.194 e. The van der Waals surface area contributed by atoms with E-state index in [2.05, 4.69) is 0 Å². The maximum atomic E-state index is 12.7. The van der Waals surface area contributed by atoms with Gasteiger partial charge in [-0.1, -0.05) is 23.9 Å². The quantitative estimate of drug-likeness (QED) is 0.747. The number of carbonyl (C=O) groups is 1. The molecule has 1 aromatic rings. The summed E-state index contributed by atoms with van der Waals surface area (Å²) in [4.78, 5) is 12.3. The molecule has 0 N–H and O–H groups in total. The highest BCUT2D eigenvalue weighted by Gasteiger charge is 2.18. The van der Waals surface area contributed by atoms with Crippen molar-refractivity contribution in [3.05, 3.63) is 50.9 Å². The first-order valence-corrected chi connectivity index (χ1v) is 6.68. The van der Waals surface area contributed by atoms with E-state index in [9.17, 15) is 9.18 Å². The van der Waals surface area contributed by atoms with Crippen molar-refractivity contribution in [3.8, 4) is 0 Å². The monoisotopic (exact) mass is 252 g/mol. The molecule has 0 atom stereocenters. The molecule has 0 aromatic heterocycles. The standard InChI is InChI=1S/C12H9FOS2/c1-15-12-7-10(14)11(16-12)6-8-2-4-9(13)5-3-8/h2-7H,1H3/b11-6+. The summed E-state index contributed by atoms with van der Waals surface area (Å²) in [5.74, 6) is -0.242. The predicted octanol–water partition coefficient (Wildman–Crippen LogP) is 3.69. The van der Waals surface area contributed by atoms with Crippen LogP contribution in [0.15, 0.2) is 39.5 Å². The van der Waals surface area contributed by atoms with E-state index in [0.717, 1.165) is 9.80 Å². The van der Waals surface area contributed by atoms with Crippen LogP contribution < -0.4 is 0 Å². The fourth-order valence-electron chi connectivity index (χ4n) is 1.28. The minimum Gasteiger partial charge on any atom is -0.289 e. The van der Waals surface area contributed by atoms with Crippen molar-refractivity contribution in [1.82, 2.24) is 0 Å².